The van der Waals surface area contributed by atoms with Gasteiger partial charge in [0.05, 0.1) is 13.2 Å². The van der Waals surface area contributed by atoms with Crippen LogP contribution in [0.5, 0.6) is 0 Å². The number of ether oxygens (including phenoxy) is 1. The van der Waals surface area contributed by atoms with Crippen LogP contribution in [0, 0.1) is 0 Å². The largest absolute Gasteiger partial charge is 0.394 e. The molecule has 1 N–H and O–H groups in total. The van der Waals surface area contributed by atoms with Crippen molar-refractivity contribution in [2.75, 3.05) is 19.8 Å². The molecule has 2 nitrogen and oxygen atoms in total. The van der Waals surface area contributed by atoms with Crippen LogP contribution in [0.1, 0.15) is 96.8 Å². The van der Waals surface area contributed by atoms with E-state index in [2.05, 4.69) is 6.92 Å². The second kappa shape index (κ2) is 18.9. The maximum absolute atomic E-state index is 8.56. The SMILES string of the molecule is CCCCCCCCCCCCCCCCOCCO. The van der Waals surface area contributed by atoms with E-state index >= 15 is 0 Å². The first kappa shape index (κ1) is 19.9. The summed E-state index contributed by atoms with van der Waals surface area (Å²) < 4.78 is 5.24. The van der Waals surface area contributed by atoms with E-state index in [4.69, 9.17) is 9.84 Å². The van der Waals surface area contributed by atoms with Gasteiger partial charge < -0.3 is 9.84 Å². The Balaban J connectivity index is 2.89. The molecule has 20 heavy (non-hydrogen) atoms. The average Bonchev–Trinajstić information content (AvgIpc) is 2.47. The van der Waals surface area contributed by atoms with Crippen LogP contribution in [0.2, 0.25) is 0 Å². The Morgan fingerprint density at radius 2 is 0.950 bits per heavy atom. The van der Waals surface area contributed by atoms with Crippen molar-refractivity contribution in [1.29, 1.82) is 0 Å². The lowest BCUT2D eigenvalue weighted by Gasteiger charge is -2.03. The van der Waals surface area contributed by atoms with Crippen LogP contribution in [-0.4, -0.2) is 24.9 Å². The lowest BCUT2D eigenvalue weighted by atomic mass is 10.0. The van der Waals surface area contributed by atoms with Crippen molar-refractivity contribution in [3.8, 4) is 0 Å². The third kappa shape index (κ3) is 17.9. The Kier molecular flexibility index (Phi) is 18.8. The van der Waals surface area contributed by atoms with Gasteiger partial charge >= 0.3 is 0 Å². The third-order valence-electron chi connectivity index (χ3n) is 3.88. The minimum Gasteiger partial charge on any atom is -0.394 e. The highest BCUT2D eigenvalue weighted by molar-refractivity contribution is 4.49. The summed E-state index contributed by atoms with van der Waals surface area (Å²) in [5.41, 5.74) is 0. The molecular formula is C18H38O2. The van der Waals surface area contributed by atoms with E-state index in [1.54, 1.807) is 0 Å². The smallest absolute Gasteiger partial charge is 0.0697 e. The number of aliphatic hydroxyl groups is 1. The third-order valence-corrected chi connectivity index (χ3v) is 3.88. The molecule has 0 radical (unpaired) electrons. The monoisotopic (exact) mass is 286 g/mol. The number of unbranched alkanes of at least 4 members (excludes halogenated alkanes) is 13. The van der Waals surface area contributed by atoms with Gasteiger partial charge in [-0.2, -0.15) is 0 Å². The molecule has 0 saturated carbocycles. The van der Waals surface area contributed by atoms with Crippen LogP contribution < -0.4 is 0 Å². The minimum atomic E-state index is 0.151. The predicted octanol–water partition coefficient (Wildman–Crippen LogP) is 5.48. The van der Waals surface area contributed by atoms with Crippen LogP contribution in [0.4, 0.5) is 0 Å². The topological polar surface area (TPSA) is 29.5 Å². The van der Waals surface area contributed by atoms with Crippen molar-refractivity contribution in [3.05, 3.63) is 0 Å². The molecule has 0 unspecified atom stereocenters. The highest BCUT2D eigenvalue weighted by Gasteiger charge is 1.94. The van der Waals surface area contributed by atoms with Gasteiger partial charge in [0.25, 0.3) is 0 Å². The number of aliphatic hydroxyl groups excluding tert-OH is 1. The van der Waals surface area contributed by atoms with Gasteiger partial charge in [0.1, 0.15) is 0 Å². The van der Waals surface area contributed by atoms with Crippen molar-refractivity contribution in [1.82, 2.24) is 0 Å². The van der Waals surface area contributed by atoms with E-state index in [9.17, 15) is 0 Å². The summed E-state index contributed by atoms with van der Waals surface area (Å²) in [7, 11) is 0. The fourth-order valence-corrected chi connectivity index (χ4v) is 2.57. The number of rotatable bonds is 17. The zero-order valence-electron chi connectivity index (χ0n) is 13.9. The molecule has 0 rings (SSSR count). The molecule has 0 fully saturated rings. The second-order valence-corrected chi connectivity index (χ2v) is 5.93. The summed E-state index contributed by atoms with van der Waals surface area (Å²) in [4.78, 5) is 0. The van der Waals surface area contributed by atoms with Gasteiger partial charge in [0, 0.05) is 6.61 Å². The molecule has 0 spiro atoms. The first-order chi connectivity index (χ1) is 9.91. The standard InChI is InChI=1S/C18H38O2/c1-2-3-4-5-6-7-8-9-10-11-12-13-14-15-17-20-18-16-19/h19H,2-18H2,1H3. The minimum absolute atomic E-state index is 0.151. The van der Waals surface area contributed by atoms with Crippen molar-refractivity contribution >= 4 is 0 Å². The quantitative estimate of drug-likeness (QED) is 0.359. The van der Waals surface area contributed by atoms with E-state index < -0.39 is 0 Å². The molecule has 2 heteroatoms. The first-order valence-electron chi connectivity index (χ1n) is 9.10. The molecule has 0 saturated heterocycles. The second-order valence-electron chi connectivity index (χ2n) is 5.93. The van der Waals surface area contributed by atoms with Gasteiger partial charge in [0.2, 0.25) is 0 Å². The Labute approximate surface area is 127 Å². The summed E-state index contributed by atoms with van der Waals surface area (Å²) >= 11 is 0. The Bertz CT molecular complexity index is 141. The van der Waals surface area contributed by atoms with Gasteiger partial charge in [-0.25, -0.2) is 0 Å². The molecule has 0 aromatic rings. The molecule has 0 aliphatic carbocycles. The molecule has 0 bridgehead atoms. The van der Waals surface area contributed by atoms with Crippen LogP contribution in [0.3, 0.4) is 0 Å². The molecule has 0 aliphatic rings. The van der Waals surface area contributed by atoms with Gasteiger partial charge in [-0.05, 0) is 6.42 Å². The van der Waals surface area contributed by atoms with Gasteiger partial charge in [-0.3, -0.25) is 0 Å². The maximum atomic E-state index is 8.56. The fourth-order valence-electron chi connectivity index (χ4n) is 2.57. The molecular weight excluding hydrogens is 248 g/mol. The first-order valence-corrected chi connectivity index (χ1v) is 9.10. The van der Waals surface area contributed by atoms with Gasteiger partial charge in [-0.1, -0.05) is 90.4 Å². The average molecular weight is 286 g/mol. The normalized spacial score (nSPS) is 11.1. The number of hydrogen-bond donors (Lipinski definition) is 1. The molecule has 0 aliphatic heterocycles. The lowest BCUT2D eigenvalue weighted by Crippen LogP contribution is -2.00. The fraction of sp³-hybridized carbons (Fsp3) is 1.00. The summed E-state index contributed by atoms with van der Waals surface area (Å²) in [5.74, 6) is 0. The molecule has 0 aromatic heterocycles. The van der Waals surface area contributed by atoms with Gasteiger partial charge in [-0.15, -0.1) is 0 Å². The highest BCUT2D eigenvalue weighted by atomic mass is 16.5. The van der Waals surface area contributed by atoms with E-state index in [1.165, 1.54) is 83.5 Å². The highest BCUT2D eigenvalue weighted by Crippen LogP contribution is 2.12. The van der Waals surface area contributed by atoms with Crippen molar-refractivity contribution in [2.45, 2.75) is 96.8 Å². The summed E-state index contributed by atoms with van der Waals surface area (Å²) in [6.45, 7) is 3.75. The predicted molar refractivity (Wildman–Crippen MR) is 88.2 cm³/mol. The zero-order valence-corrected chi connectivity index (χ0v) is 13.9. The molecule has 0 heterocycles. The Hall–Kier alpha value is -0.0800. The van der Waals surface area contributed by atoms with Crippen molar-refractivity contribution in [2.24, 2.45) is 0 Å². The van der Waals surface area contributed by atoms with E-state index in [0.717, 1.165) is 13.0 Å². The molecule has 0 amide bonds. The van der Waals surface area contributed by atoms with Crippen molar-refractivity contribution in [3.63, 3.8) is 0 Å². The summed E-state index contributed by atoms with van der Waals surface area (Å²) in [6.07, 6.45) is 19.5. The summed E-state index contributed by atoms with van der Waals surface area (Å²) in [5, 5.41) is 8.56. The van der Waals surface area contributed by atoms with Crippen LogP contribution in [-0.2, 0) is 4.74 Å². The lowest BCUT2D eigenvalue weighted by molar-refractivity contribution is 0.0895. The van der Waals surface area contributed by atoms with E-state index in [1.807, 2.05) is 0 Å². The Morgan fingerprint density at radius 3 is 1.35 bits per heavy atom. The zero-order chi connectivity index (χ0) is 14.7. The molecule has 122 valence electrons. The van der Waals surface area contributed by atoms with Crippen LogP contribution >= 0.6 is 0 Å². The molecule has 0 aromatic carbocycles. The van der Waals surface area contributed by atoms with Crippen LogP contribution in [0.25, 0.3) is 0 Å². The van der Waals surface area contributed by atoms with Crippen LogP contribution in [0.15, 0.2) is 0 Å². The van der Waals surface area contributed by atoms with E-state index in [-0.39, 0.29) is 6.61 Å². The summed E-state index contributed by atoms with van der Waals surface area (Å²) in [6, 6.07) is 0. The van der Waals surface area contributed by atoms with Crippen molar-refractivity contribution < 1.29 is 9.84 Å². The maximum Gasteiger partial charge on any atom is 0.0697 e. The van der Waals surface area contributed by atoms with Gasteiger partial charge in [0.15, 0.2) is 0 Å². The van der Waals surface area contributed by atoms with E-state index in [0.29, 0.717) is 6.61 Å². The Morgan fingerprint density at radius 1 is 0.550 bits per heavy atom. The number of hydrogen-bond acceptors (Lipinski definition) is 2. The molecule has 0 atom stereocenters.